The van der Waals surface area contributed by atoms with Crippen molar-refractivity contribution in [1.82, 2.24) is 14.7 Å². The van der Waals surface area contributed by atoms with Crippen molar-refractivity contribution in [1.29, 1.82) is 0 Å². The molecule has 4 rings (SSSR count). The first-order chi connectivity index (χ1) is 21.9. The van der Waals surface area contributed by atoms with Gasteiger partial charge in [0.25, 0.3) is 5.91 Å². The highest BCUT2D eigenvalue weighted by atomic mass is 35.5. The lowest BCUT2D eigenvalue weighted by Gasteiger charge is -2.39. The number of benzene rings is 2. The van der Waals surface area contributed by atoms with Crippen LogP contribution in [0.4, 0.5) is 38.1 Å². The number of nitrogens with one attached hydrogen (secondary N) is 1. The zero-order valence-corrected chi connectivity index (χ0v) is 26.9. The second-order valence-electron chi connectivity index (χ2n) is 12.5. The van der Waals surface area contributed by atoms with Crippen LogP contribution in [0.15, 0.2) is 30.3 Å². The molecule has 47 heavy (non-hydrogen) atoms. The van der Waals surface area contributed by atoms with Crippen LogP contribution in [-0.4, -0.2) is 108 Å². The van der Waals surface area contributed by atoms with Gasteiger partial charge in [-0.25, -0.2) is 13.6 Å². The summed E-state index contributed by atoms with van der Waals surface area (Å²) in [4.78, 5) is 43.8. The minimum atomic E-state index is -4.26. The van der Waals surface area contributed by atoms with Gasteiger partial charge in [-0.05, 0) is 45.0 Å². The van der Waals surface area contributed by atoms with Gasteiger partial charge in [0.15, 0.2) is 11.6 Å². The number of alkyl halides is 3. The lowest BCUT2D eigenvalue weighted by atomic mass is 10.1. The predicted octanol–water partition coefficient (Wildman–Crippen LogP) is 5.45. The quantitative estimate of drug-likeness (QED) is 0.353. The third-order valence-corrected chi connectivity index (χ3v) is 8.08. The number of piperazine rings is 2. The van der Waals surface area contributed by atoms with E-state index in [1.165, 1.54) is 28.0 Å². The third kappa shape index (κ3) is 9.67. The van der Waals surface area contributed by atoms with E-state index in [1.54, 1.807) is 31.7 Å². The van der Waals surface area contributed by atoms with Gasteiger partial charge in [0.2, 0.25) is 0 Å². The van der Waals surface area contributed by atoms with Crippen molar-refractivity contribution >= 4 is 40.9 Å². The first-order valence-electron chi connectivity index (χ1n) is 15.0. The first-order valence-corrected chi connectivity index (χ1v) is 15.4. The summed E-state index contributed by atoms with van der Waals surface area (Å²) in [6.07, 6.45) is -5.85. The molecule has 2 heterocycles. The molecule has 2 aliphatic rings. The highest BCUT2D eigenvalue weighted by molar-refractivity contribution is 6.31. The Balaban J connectivity index is 1.44. The van der Waals surface area contributed by atoms with E-state index in [-0.39, 0.29) is 44.0 Å². The van der Waals surface area contributed by atoms with E-state index in [4.69, 9.17) is 16.3 Å². The Kier molecular flexibility index (Phi) is 11.2. The molecule has 2 aliphatic heterocycles. The van der Waals surface area contributed by atoms with Gasteiger partial charge in [0.1, 0.15) is 11.6 Å². The van der Waals surface area contributed by atoms with Crippen LogP contribution in [0, 0.1) is 11.6 Å². The molecule has 16 heteroatoms. The molecule has 2 aromatic carbocycles. The van der Waals surface area contributed by atoms with Crippen molar-refractivity contribution in [2.75, 3.05) is 62.6 Å². The molecule has 0 spiro atoms. The highest BCUT2D eigenvalue weighted by Gasteiger charge is 2.37. The number of ether oxygens (including phenoxy) is 1. The zero-order valence-electron chi connectivity index (χ0n) is 26.2. The molecule has 2 N–H and O–H groups in total. The number of carbonyl (C=O) groups excluding carboxylic acids is 2. The van der Waals surface area contributed by atoms with Crippen LogP contribution in [0.2, 0.25) is 5.02 Å². The number of carboxylic acids is 1. The van der Waals surface area contributed by atoms with Crippen LogP contribution in [0.1, 0.15) is 43.1 Å². The average molecular weight is 690 g/mol. The van der Waals surface area contributed by atoms with Crippen molar-refractivity contribution in [2.45, 2.75) is 51.6 Å². The number of halogens is 6. The standard InChI is InChI=1S/C31H37ClF5N5O5/c1-30(2,3)47-29(46)42-15-14-41(24(18-42)28(44)45)17-19-4-6-21(26(34)25(19)33)27(43)38-22-7-5-20(32)16-23(22)40-12-10-39(11-13-40)9-8-31(35,36)37/h4-7,16,24H,8-15,17-18H2,1-3H3,(H,38,43)(H,44,45). The Morgan fingerprint density at radius 2 is 1.66 bits per heavy atom. The van der Waals surface area contributed by atoms with Crippen molar-refractivity contribution in [3.8, 4) is 0 Å². The van der Waals surface area contributed by atoms with E-state index in [2.05, 4.69) is 5.32 Å². The molecule has 10 nitrogen and oxygen atoms in total. The molecule has 2 saturated heterocycles. The first kappa shape index (κ1) is 36.2. The van der Waals surface area contributed by atoms with Gasteiger partial charge in [0.05, 0.1) is 29.9 Å². The van der Waals surface area contributed by atoms with Gasteiger partial charge in [-0.3, -0.25) is 19.4 Å². The molecule has 1 atom stereocenters. The van der Waals surface area contributed by atoms with Crippen molar-refractivity contribution in [2.24, 2.45) is 0 Å². The number of carbonyl (C=O) groups is 3. The fourth-order valence-electron chi connectivity index (χ4n) is 5.40. The van der Waals surface area contributed by atoms with E-state index in [1.807, 2.05) is 4.90 Å². The van der Waals surface area contributed by atoms with E-state index in [9.17, 15) is 32.7 Å². The highest BCUT2D eigenvalue weighted by Crippen LogP contribution is 2.32. The molecular formula is C31H37ClF5N5O5. The Bertz CT molecular complexity index is 1480. The van der Waals surface area contributed by atoms with E-state index in [0.29, 0.717) is 36.9 Å². The number of aliphatic carboxylic acids is 1. The summed E-state index contributed by atoms with van der Waals surface area (Å²) in [5.41, 5.74) is -0.822. The lowest BCUT2D eigenvalue weighted by Crippen LogP contribution is -2.57. The summed E-state index contributed by atoms with van der Waals surface area (Å²) >= 11 is 6.19. The van der Waals surface area contributed by atoms with Gasteiger partial charge in [-0.1, -0.05) is 17.7 Å². The van der Waals surface area contributed by atoms with Crippen molar-refractivity contribution in [3.05, 3.63) is 58.1 Å². The predicted molar refractivity (Wildman–Crippen MR) is 165 cm³/mol. The minimum Gasteiger partial charge on any atom is -0.480 e. The van der Waals surface area contributed by atoms with E-state index in [0.717, 1.165) is 6.07 Å². The summed E-state index contributed by atoms with van der Waals surface area (Å²) in [5.74, 6) is -4.94. The second kappa shape index (κ2) is 14.6. The fraction of sp³-hybridized carbons (Fsp3) is 0.516. The van der Waals surface area contributed by atoms with E-state index < -0.39 is 59.4 Å². The fourth-order valence-corrected chi connectivity index (χ4v) is 5.57. The largest absolute Gasteiger partial charge is 0.480 e. The number of anilines is 2. The number of hydrogen-bond donors (Lipinski definition) is 2. The molecule has 0 radical (unpaired) electrons. The maximum atomic E-state index is 15.3. The van der Waals surface area contributed by atoms with Crippen LogP contribution in [0.5, 0.6) is 0 Å². The molecule has 2 aromatic rings. The zero-order chi connectivity index (χ0) is 34.7. The van der Waals surface area contributed by atoms with Crippen LogP contribution in [-0.2, 0) is 16.1 Å². The Labute approximate surface area is 274 Å². The topological polar surface area (TPSA) is 106 Å². The molecule has 258 valence electrons. The molecule has 0 bridgehead atoms. The normalized spacial score (nSPS) is 18.3. The summed E-state index contributed by atoms with van der Waals surface area (Å²) in [6.45, 7) is 5.95. The number of carboxylic acid groups (broad SMARTS) is 1. The number of hydrogen-bond acceptors (Lipinski definition) is 7. The molecular weight excluding hydrogens is 653 g/mol. The number of rotatable bonds is 8. The number of amides is 2. The van der Waals surface area contributed by atoms with Gasteiger partial charge in [-0.15, -0.1) is 0 Å². The maximum Gasteiger partial charge on any atom is 0.410 e. The molecule has 0 aromatic heterocycles. The van der Waals surface area contributed by atoms with E-state index >= 15 is 8.78 Å². The Morgan fingerprint density at radius 3 is 2.28 bits per heavy atom. The van der Waals surface area contributed by atoms with Gasteiger partial charge >= 0.3 is 18.2 Å². The molecule has 0 aliphatic carbocycles. The number of nitrogens with zero attached hydrogens (tertiary/aromatic N) is 4. The van der Waals surface area contributed by atoms with Crippen molar-refractivity contribution < 1.29 is 46.2 Å². The summed E-state index contributed by atoms with van der Waals surface area (Å²) in [5, 5.41) is 12.7. The van der Waals surface area contributed by atoms with Gasteiger partial charge in [0, 0.05) is 62.9 Å². The Hall–Kier alpha value is -3.69. The summed E-state index contributed by atoms with van der Waals surface area (Å²) < 4.78 is 73.9. The SMILES string of the molecule is CC(C)(C)OC(=O)N1CCN(Cc2ccc(C(=O)Nc3ccc(Cl)cc3N3CCN(CCC(F)(F)F)CC3)c(F)c2F)C(C(=O)O)C1. The van der Waals surface area contributed by atoms with Crippen LogP contribution >= 0.6 is 11.6 Å². The minimum absolute atomic E-state index is 0.0510. The van der Waals surface area contributed by atoms with Crippen LogP contribution < -0.4 is 10.2 Å². The lowest BCUT2D eigenvalue weighted by molar-refractivity contribution is -0.146. The summed E-state index contributed by atoms with van der Waals surface area (Å²) in [7, 11) is 0. The monoisotopic (exact) mass is 689 g/mol. The van der Waals surface area contributed by atoms with Gasteiger partial charge < -0.3 is 25.0 Å². The van der Waals surface area contributed by atoms with Crippen LogP contribution in [0.3, 0.4) is 0 Å². The summed E-state index contributed by atoms with van der Waals surface area (Å²) in [6, 6.07) is 5.67. The molecule has 1 unspecified atom stereocenters. The Morgan fingerprint density at radius 1 is 0.979 bits per heavy atom. The molecule has 2 amide bonds. The van der Waals surface area contributed by atoms with Gasteiger partial charge in [-0.2, -0.15) is 13.2 Å². The second-order valence-corrected chi connectivity index (χ2v) is 12.9. The maximum absolute atomic E-state index is 15.3. The van der Waals surface area contributed by atoms with Crippen molar-refractivity contribution in [3.63, 3.8) is 0 Å². The molecule has 0 saturated carbocycles. The molecule has 2 fully saturated rings. The average Bonchev–Trinajstić information content (AvgIpc) is 2.98. The smallest absolute Gasteiger partial charge is 0.410 e. The third-order valence-electron chi connectivity index (χ3n) is 7.84. The van der Waals surface area contributed by atoms with Crippen LogP contribution in [0.25, 0.3) is 0 Å².